The van der Waals surface area contributed by atoms with Crippen molar-refractivity contribution in [1.29, 1.82) is 0 Å². The lowest BCUT2D eigenvalue weighted by Gasteiger charge is -2.33. The molecule has 0 aromatic heterocycles. The van der Waals surface area contributed by atoms with Gasteiger partial charge in [-0.25, -0.2) is 4.79 Å². The Bertz CT molecular complexity index is 1470. The first-order valence-corrected chi connectivity index (χ1v) is 19.9. The maximum absolute atomic E-state index is 14.0. The molecule has 5 amide bonds. The number of aromatic hydroxyl groups is 1. The molecule has 11 N–H and O–H groups in total. The lowest BCUT2D eigenvalue weighted by Crippen LogP contribution is -2.60. The van der Waals surface area contributed by atoms with E-state index >= 15 is 0 Å². The summed E-state index contributed by atoms with van der Waals surface area (Å²) in [5.74, 6) is -5.43. The predicted octanol–water partition coefficient (Wildman–Crippen LogP) is 1.64. The van der Waals surface area contributed by atoms with E-state index in [1.165, 1.54) is 17.0 Å². The summed E-state index contributed by atoms with van der Waals surface area (Å²) in [5.41, 5.74) is 12.3. The number of benzene rings is 1. The van der Waals surface area contributed by atoms with Crippen LogP contribution in [-0.4, -0.2) is 111 Å². The van der Waals surface area contributed by atoms with E-state index in [4.69, 9.17) is 21.4 Å². The molecule has 0 unspecified atom stereocenters. The minimum absolute atomic E-state index is 0.00788. The van der Waals surface area contributed by atoms with Crippen molar-refractivity contribution in [3.8, 4) is 5.75 Å². The van der Waals surface area contributed by atoms with Gasteiger partial charge in [0.2, 0.25) is 29.5 Å². The number of unbranched alkanes of at least 4 members (excludes halogenated alkanes) is 1. The Kier molecular flexibility index (Phi) is 22.5. The molecule has 57 heavy (non-hydrogen) atoms. The second-order valence-electron chi connectivity index (χ2n) is 15.3. The third-order valence-corrected chi connectivity index (χ3v) is 10.0. The number of carboxylic acid groups (broad SMARTS) is 2. The van der Waals surface area contributed by atoms with Crippen LogP contribution in [0.2, 0.25) is 0 Å². The third kappa shape index (κ3) is 17.5. The van der Waals surface area contributed by atoms with E-state index in [1.807, 2.05) is 34.6 Å². The molecule has 1 heterocycles. The van der Waals surface area contributed by atoms with Gasteiger partial charge in [-0.3, -0.25) is 28.8 Å². The van der Waals surface area contributed by atoms with Crippen LogP contribution in [0.3, 0.4) is 0 Å². The fourth-order valence-corrected chi connectivity index (χ4v) is 6.32. The van der Waals surface area contributed by atoms with Crippen molar-refractivity contribution in [2.75, 3.05) is 13.1 Å². The predicted molar refractivity (Wildman–Crippen MR) is 214 cm³/mol. The molecule has 2 rings (SSSR count). The van der Waals surface area contributed by atoms with Crippen LogP contribution >= 0.6 is 0 Å². The lowest BCUT2D eigenvalue weighted by molar-refractivity contribution is -0.143. The van der Waals surface area contributed by atoms with Gasteiger partial charge in [0, 0.05) is 19.9 Å². The second kappa shape index (κ2) is 25.5. The Morgan fingerprint density at radius 2 is 1.37 bits per heavy atom. The first-order chi connectivity index (χ1) is 26.8. The molecule has 0 radical (unpaired) electrons. The van der Waals surface area contributed by atoms with E-state index in [9.17, 15) is 39.0 Å². The minimum Gasteiger partial charge on any atom is -0.508 e. The molecule has 0 aliphatic carbocycles. The van der Waals surface area contributed by atoms with Crippen molar-refractivity contribution >= 4 is 41.5 Å². The summed E-state index contributed by atoms with van der Waals surface area (Å²) in [4.78, 5) is 90.9. The number of carbonyl (C=O) groups excluding carboxylic acids is 5. The Hall–Kier alpha value is -4.77. The number of likely N-dealkylation sites (tertiary alicyclic amines) is 1. The van der Waals surface area contributed by atoms with Gasteiger partial charge in [0.1, 0.15) is 36.0 Å². The molecule has 1 aliphatic rings. The first kappa shape index (κ1) is 50.2. The van der Waals surface area contributed by atoms with Crippen LogP contribution in [0.5, 0.6) is 5.75 Å². The Labute approximate surface area is 336 Å². The van der Waals surface area contributed by atoms with E-state index in [-0.39, 0.29) is 42.9 Å². The van der Waals surface area contributed by atoms with Gasteiger partial charge in [-0.15, -0.1) is 0 Å². The number of phenols is 1. The number of rotatable bonds is 22. The highest BCUT2D eigenvalue weighted by Crippen LogP contribution is 2.23. The number of nitrogens with two attached hydrogens (primary N) is 2. The number of nitrogens with zero attached hydrogens (tertiary/aromatic N) is 1. The van der Waals surface area contributed by atoms with Crippen molar-refractivity contribution in [3.05, 3.63) is 29.8 Å². The number of phenolic OH excluding ortho intramolecular Hbond substituents is 1. The van der Waals surface area contributed by atoms with Gasteiger partial charge in [-0.1, -0.05) is 72.9 Å². The second-order valence-corrected chi connectivity index (χ2v) is 15.3. The molecule has 1 saturated heterocycles. The van der Waals surface area contributed by atoms with Crippen LogP contribution in [0, 0.1) is 17.8 Å². The van der Waals surface area contributed by atoms with Crippen molar-refractivity contribution in [2.45, 2.75) is 143 Å². The van der Waals surface area contributed by atoms with Gasteiger partial charge in [0.25, 0.3) is 5.97 Å². The number of carbonyl (C=O) groups is 7. The highest BCUT2D eigenvalue weighted by Gasteiger charge is 2.41. The van der Waals surface area contributed by atoms with E-state index < -0.39 is 77.7 Å². The van der Waals surface area contributed by atoms with E-state index in [0.717, 1.165) is 13.3 Å². The van der Waals surface area contributed by atoms with Crippen LogP contribution in [-0.2, 0) is 40.0 Å². The van der Waals surface area contributed by atoms with Gasteiger partial charge >= 0.3 is 5.97 Å². The van der Waals surface area contributed by atoms with Gasteiger partial charge in [-0.05, 0) is 74.1 Å². The van der Waals surface area contributed by atoms with E-state index in [2.05, 4.69) is 21.3 Å². The molecule has 1 fully saturated rings. The zero-order valence-corrected chi connectivity index (χ0v) is 34.6. The summed E-state index contributed by atoms with van der Waals surface area (Å²) in [6.07, 6.45) is 3.92. The summed E-state index contributed by atoms with van der Waals surface area (Å²) in [7, 11) is 0. The maximum atomic E-state index is 14.0. The highest BCUT2D eigenvalue weighted by molar-refractivity contribution is 5.97. The number of hydrogen-bond donors (Lipinski definition) is 9. The van der Waals surface area contributed by atoms with Crippen molar-refractivity contribution in [1.82, 2.24) is 26.2 Å². The monoisotopic (exact) mass is 805 g/mol. The summed E-state index contributed by atoms with van der Waals surface area (Å²) in [5, 5.41) is 37.9. The van der Waals surface area contributed by atoms with Gasteiger partial charge in [0.05, 0.1) is 6.04 Å². The summed E-state index contributed by atoms with van der Waals surface area (Å²) in [6, 6.07) is -0.00774. The topological polar surface area (TPSA) is 284 Å². The van der Waals surface area contributed by atoms with Crippen LogP contribution in [0.1, 0.15) is 105 Å². The van der Waals surface area contributed by atoms with Gasteiger partial charge in [0.15, 0.2) is 0 Å². The molecule has 17 nitrogen and oxygen atoms in total. The largest absolute Gasteiger partial charge is 0.508 e. The standard InChI is InChI=1S/C38H63N7O8.C2H4O2/c1-7-23(5)31(36(50)42-29(38(52)53)20-22(3)4)43-34(48)28(21-25-14-16-26(46)17-15-25)41-35(49)30-13-11-19-45(30)37(51)32(24(6)8-2)44-33(47)27(40)12-9-10-18-39;1-2(3)4/h14-17,22-24,27-32,46H,7-13,18-21,39-40H2,1-6H3,(H,41,49)(H,42,50)(H,43,48)(H,44,47)(H,52,53);1H3,(H,3,4)/t23-,24-,27-,28-,29-,30-,31-,32-;/m0./s1. The summed E-state index contributed by atoms with van der Waals surface area (Å²) in [6.45, 7) is 12.9. The van der Waals surface area contributed by atoms with E-state index in [0.29, 0.717) is 50.6 Å². The highest BCUT2D eigenvalue weighted by atomic mass is 16.4. The van der Waals surface area contributed by atoms with Crippen LogP contribution in [0.25, 0.3) is 0 Å². The molecular formula is C40H67N7O10. The molecule has 1 aromatic rings. The molecular weight excluding hydrogens is 738 g/mol. The molecule has 0 spiro atoms. The molecule has 322 valence electrons. The number of hydrogen-bond acceptors (Lipinski definition) is 10. The average Bonchev–Trinajstić information content (AvgIpc) is 3.65. The minimum atomic E-state index is -1.20. The Morgan fingerprint density at radius 1 is 0.807 bits per heavy atom. The SMILES string of the molecule is CC(=O)O.CC[C@H](C)[C@H](NC(=O)[C@H](Cc1ccc(O)cc1)NC(=O)[C@@H]1CCCN1C(=O)[C@@H](NC(=O)[C@@H](N)CCCCN)[C@@H](C)CC)C(=O)N[C@@H](CC(C)C)C(=O)O. The van der Waals surface area contributed by atoms with E-state index in [1.54, 1.807) is 19.1 Å². The molecule has 0 saturated carbocycles. The zero-order chi connectivity index (χ0) is 43.4. The fourth-order valence-electron chi connectivity index (χ4n) is 6.32. The van der Waals surface area contributed by atoms with Crippen LogP contribution in [0.15, 0.2) is 24.3 Å². The summed E-state index contributed by atoms with van der Waals surface area (Å²) < 4.78 is 0. The van der Waals surface area contributed by atoms with Crippen molar-refractivity contribution in [2.24, 2.45) is 29.2 Å². The Balaban J connectivity index is 0.00000386. The van der Waals surface area contributed by atoms with Crippen molar-refractivity contribution < 1.29 is 48.9 Å². The average molecular weight is 806 g/mol. The number of aliphatic carboxylic acids is 2. The van der Waals surface area contributed by atoms with Gasteiger partial charge in [-0.2, -0.15) is 0 Å². The molecule has 0 bridgehead atoms. The summed E-state index contributed by atoms with van der Waals surface area (Å²) >= 11 is 0. The molecule has 17 heteroatoms. The number of nitrogens with one attached hydrogen (secondary N) is 4. The molecule has 1 aromatic carbocycles. The lowest BCUT2D eigenvalue weighted by atomic mass is 9.96. The van der Waals surface area contributed by atoms with Crippen LogP contribution < -0.4 is 32.7 Å². The van der Waals surface area contributed by atoms with Crippen LogP contribution in [0.4, 0.5) is 0 Å². The number of carboxylic acids is 2. The normalized spacial score (nSPS) is 17.4. The first-order valence-electron chi connectivity index (χ1n) is 19.9. The number of amides is 5. The maximum Gasteiger partial charge on any atom is 0.326 e. The molecule has 8 atom stereocenters. The van der Waals surface area contributed by atoms with Gasteiger partial charge < -0.3 is 53.0 Å². The molecule has 1 aliphatic heterocycles. The van der Waals surface area contributed by atoms with Crippen molar-refractivity contribution in [3.63, 3.8) is 0 Å². The third-order valence-electron chi connectivity index (χ3n) is 10.0. The smallest absolute Gasteiger partial charge is 0.326 e. The fraction of sp³-hybridized carbons (Fsp3) is 0.675. The quantitative estimate of drug-likeness (QED) is 0.0757. The Morgan fingerprint density at radius 3 is 1.89 bits per heavy atom. The zero-order valence-electron chi connectivity index (χ0n) is 34.6.